The SMILES string of the molecule is Cc1ccc(CN(Cc2nccn2Cc2ccc(C#N)cc2)c2ccc(Oc3ccccc3)cc2)cc1. The third kappa shape index (κ3) is 6.25. The minimum absolute atomic E-state index is 0.649. The van der Waals surface area contributed by atoms with Crippen LogP contribution in [0, 0.1) is 18.3 Å². The summed E-state index contributed by atoms with van der Waals surface area (Å²) in [5.41, 5.74) is 5.37. The summed E-state index contributed by atoms with van der Waals surface area (Å²) in [6, 6.07) is 36.6. The highest BCUT2D eigenvalue weighted by molar-refractivity contribution is 5.50. The number of anilines is 1. The lowest BCUT2D eigenvalue weighted by Crippen LogP contribution is -2.24. The Morgan fingerprint density at radius 3 is 2.16 bits per heavy atom. The number of hydrogen-bond acceptors (Lipinski definition) is 4. The van der Waals surface area contributed by atoms with Crippen LogP contribution in [0.25, 0.3) is 0 Å². The number of rotatable bonds is 9. The first-order chi connectivity index (χ1) is 18.2. The molecule has 0 atom stereocenters. The Hall–Kier alpha value is -4.82. The third-order valence-corrected chi connectivity index (χ3v) is 6.24. The van der Waals surface area contributed by atoms with Crippen LogP contribution >= 0.6 is 0 Å². The molecule has 0 N–H and O–H groups in total. The molecular formula is C32H28N4O. The fourth-order valence-electron chi connectivity index (χ4n) is 4.19. The summed E-state index contributed by atoms with van der Waals surface area (Å²) in [7, 11) is 0. The number of nitriles is 1. The van der Waals surface area contributed by atoms with Gasteiger partial charge in [-0.3, -0.25) is 0 Å². The third-order valence-electron chi connectivity index (χ3n) is 6.24. The number of nitrogens with zero attached hydrogens (tertiary/aromatic N) is 4. The number of aryl methyl sites for hydroxylation is 1. The summed E-state index contributed by atoms with van der Waals surface area (Å²) in [5, 5.41) is 9.09. The number of aromatic nitrogens is 2. The fraction of sp³-hybridized carbons (Fsp3) is 0.125. The van der Waals surface area contributed by atoms with Crippen LogP contribution in [0.1, 0.15) is 28.1 Å². The van der Waals surface area contributed by atoms with Gasteiger partial charge in [-0.15, -0.1) is 0 Å². The molecule has 182 valence electrons. The Labute approximate surface area is 217 Å². The first-order valence-corrected chi connectivity index (χ1v) is 12.3. The second kappa shape index (κ2) is 11.3. The molecule has 0 bridgehead atoms. The molecule has 5 aromatic rings. The Morgan fingerprint density at radius 2 is 1.46 bits per heavy atom. The zero-order valence-corrected chi connectivity index (χ0v) is 20.8. The average molecular weight is 485 g/mol. The van der Waals surface area contributed by atoms with Crippen molar-refractivity contribution in [1.82, 2.24) is 9.55 Å². The van der Waals surface area contributed by atoms with Crippen molar-refractivity contribution < 1.29 is 4.74 Å². The maximum Gasteiger partial charge on any atom is 0.128 e. The van der Waals surface area contributed by atoms with Crippen molar-refractivity contribution in [3.05, 3.63) is 144 Å². The molecule has 0 spiro atoms. The molecule has 5 rings (SSSR count). The lowest BCUT2D eigenvalue weighted by atomic mass is 10.1. The van der Waals surface area contributed by atoms with Crippen LogP contribution in [-0.4, -0.2) is 9.55 Å². The van der Waals surface area contributed by atoms with Crippen LogP contribution in [0.4, 0.5) is 5.69 Å². The minimum Gasteiger partial charge on any atom is -0.457 e. The van der Waals surface area contributed by atoms with Crippen LogP contribution in [0.15, 0.2) is 116 Å². The van der Waals surface area contributed by atoms with E-state index in [1.54, 1.807) is 0 Å². The smallest absolute Gasteiger partial charge is 0.128 e. The van der Waals surface area contributed by atoms with Gasteiger partial charge in [0.15, 0.2) is 0 Å². The average Bonchev–Trinajstić information content (AvgIpc) is 3.37. The summed E-state index contributed by atoms with van der Waals surface area (Å²) >= 11 is 0. The van der Waals surface area contributed by atoms with Crippen LogP contribution in [-0.2, 0) is 19.6 Å². The van der Waals surface area contributed by atoms with Crippen molar-refractivity contribution >= 4 is 5.69 Å². The van der Waals surface area contributed by atoms with E-state index < -0.39 is 0 Å². The lowest BCUT2D eigenvalue weighted by Gasteiger charge is -2.25. The number of para-hydroxylation sites is 1. The number of benzene rings is 4. The van der Waals surface area contributed by atoms with Crippen LogP contribution in [0.2, 0.25) is 0 Å². The van der Waals surface area contributed by atoms with E-state index in [2.05, 4.69) is 63.8 Å². The van der Waals surface area contributed by atoms with E-state index in [1.165, 1.54) is 11.1 Å². The van der Waals surface area contributed by atoms with Crippen molar-refractivity contribution in [2.75, 3.05) is 4.90 Å². The molecule has 0 aliphatic heterocycles. The summed E-state index contributed by atoms with van der Waals surface area (Å²) in [6.07, 6.45) is 3.86. The van der Waals surface area contributed by atoms with E-state index in [1.807, 2.05) is 79.1 Å². The highest BCUT2D eigenvalue weighted by Crippen LogP contribution is 2.26. The second-order valence-electron chi connectivity index (χ2n) is 9.03. The second-order valence-corrected chi connectivity index (χ2v) is 9.03. The number of ether oxygens (including phenoxy) is 1. The molecule has 0 aliphatic rings. The van der Waals surface area contributed by atoms with Crippen LogP contribution in [0.5, 0.6) is 11.5 Å². The molecule has 4 aromatic carbocycles. The Kier molecular flexibility index (Phi) is 7.29. The summed E-state index contributed by atoms with van der Waals surface area (Å²) < 4.78 is 8.16. The van der Waals surface area contributed by atoms with Gasteiger partial charge >= 0.3 is 0 Å². The molecule has 0 saturated heterocycles. The van der Waals surface area contributed by atoms with Gasteiger partial charge in [0.2, 0.25) is 0 Å². The number of hydrogen-bond donors (Lipinski definition) is 0. The summed E-state index contributed by atoms with van der Waals surface area (Å²) in [5.74, 6) is 2.59. The highest BCUT2D eigenvalue weighted by Gasteiger charge is 2.13. The molecule has 0 fully saturated rings. The predicted octanol–water partition coefficient (Wildman–Crippen LogP) is 7.11. The lowest BCUT2D eigenvalue weighted by molar-refractivity contribution is 0.482. The molecule has 5 nitrogen and oxygen atoms in total. The first-order valence-electron chi connectivity index (χ1n) is 12.3. The van der Waals surface area contributed by atoms with E-state index in [9.17, 15) is 0 Å². The zero-order valence-electron chi connectivity index (χ0n) is 20.8. The topological polar surface area (TPSA) is 54.1 Å². The Balaban J connectivity index is 1.38. The van der Waals surface area contributed by atoms with Gasteiger partial charge in [-0.05, 0) is 66.6 Å². The van der Waals surface area contributed by atoms with E-state index in [0.717, 1.165) is 35.1 Å². The quantitative estimate of drug-likeness (QED) is 0.224. The monoisotopic (exact) mass is 484 g/mol. The van der Waals surface area contributed by atoms with Crippen molar-refractivity contribution in [3.8, 4) is 17.6 Å². The van der Waals surface area contributed by atoms with Gasteiger partial charge < -0.3 is 14.2 Å². The molecule has 1 heterocycles. The van der Waals surface area contributed by atoms with Gasteiger partial charge in [0.05, 0.1) is 18.2 Å². The maximum absolute atomic E-state index is 9.09. The van der Waals surface area contributed by atoms with Crippen molar-refractivity contribution in [1.29, 1.82) is 5.26 Å². The number of imidazole rings is 1. The van der Waals surface area contributed by atoms with Gasteiger partial charge in [-0.25, -0.2) is 4.98 Å². The maximum atomic E-state index is 9.09. The minimum atomic E-state index is 0.649. The molecule has 1 aromatic heterocycles. The van der Waals surface area contributed by atoms with E-state index in [4.69, 9.17) is 10.00 Å². The summed E-state index contributed by atoms with van der Waals surface area (Å²) in [4.78, 5) is 7.01. The Morgan fingerprint density at radius 1 is 0.784 bits per heavy atom. The van der Waals surface area contributed by atoms with Crippen LogP contribution in [0.3, 0.4) is 0 Å². The van der Waals surface area contributed by atoms with Crippen molar-refractivity contribution in [2.45, 2.75) is 26.6 Å². The molecular weight excluding hydrogens is 456 g/mol. The zero-order chi connectivity index (χ0) is 25.5. The normalized spacial score (nSPS) is 10.6. The van der Waals surface area contributed by atoms with Gasteiger partial charge in [0, 0.05) is 31.2 Å². The molecule has 0 saturated carbocycles. The first kappa shape index (κ1) is 23.9. The molecule has 0 unspecified atom stereocenters. The molecule has 37 heavy (non-hydrogen) atoms. The van der Waals surface area contributed by atoms with Crippen LogP contribution < -0.4 is 9.64 Å². The van der Waals surface area contributed by atoms with E-state index in [0.29, 0.717) is 18.7 Å². The fourth-order valence-corrected chi connectivity index (χ4v) is 4.19. The molecule has 0 aliphatic carbocycles. The largest absolute Gasteiger partial charge is 0.457 e. The summed E-state index contributed by atoms with van der Waals surface area (Å²) in [6.45, 7) is 4.20. The standard InChI is InChI=1S/C32H28N4O/c1-25-7-9-27(10-8-25)23-36(29-15-17-31(18-16-29)37-30-5-3-2-4-6-30)24-32-34-19-20-35(32)22-28-13-11-26(21-33)12-14-28/h2-20H,22-24H2,1H3. The van der Waals surface area contributed by atoms with Gasteiger partial charge in [-0.2, -0.15) is 5.26 Å². The predicted molar refractivity (Wildman–Crippen MR) is 147 cm³/mol. The molecule has 0 radical (unpaired) electrons. The van der Waals surface area contributed by atoms with E-state index in [-0.39, 0.29) is 0 Å². The van der Waals surface area contributed by atoms with Gasteiger partial charge in [-0.1, -0.05) is 60.2 Å². The van der Waals surface area contributed by atoms with Crippen molar-refractivity contribution in [3.63, 3.8) is 0 Å². The molecule has 0 amide bonds. The van der Waals surface area contributed by atoms with Gasteiger partial charge in [0.1, 0.15) is 17.3 Å². The van der Waals surface area contributed by atoms with E-state index >= 15 is 0 Å². The van der Waals surface area contributed by atoms with Gasteiger partial charge in [0.25, 0.3) is 0 Å². The van der Waals surface area contributed by atoms with Crippen molar-refractivity contribution in [2.24, 2.45) is 0 Å². The Bertz CT molecular complexity index is 1470. The highest BCUT2D eigenvalue weighted by atomic mass is 16.5. The molecule has 5 heteroatoms.